The van der Waals surface area contributed by atoms with Crippen LogP contribution < -0.4 is 5.56 Å². The SMILES string of the molecule is CC1=CCCc2[nH]c(=O)c(-c3nc(-c4ccncc4)cs3)cc21. The monoisotopic (exact) mass is 321 g/mol. The molecule has 3 heterocycles. The third-order valence-corrected chi connectivity index (χ3v) is 4.98. The second-order valence-corrected chi connectivity index (χ2v) is 6.46. The zero-order chi connectivity index (χ0) is 15.8. The van der Waals surface area contributed by atoms with Crippen LogP contribution >= 0.6 is 11.3 Å². The lowest BCUT2D eigenvalue weighted by Gasteiger charge is -2.15. The molecule has 0 aliphatic heterocycles. The van der Waals surface area contributed by atoms with E-state index in [0.29, 0.717) is 5.56 Å². The molecule has 0 atom stereocenters. The van der Waals surface area contributed by atoms with E-state index < -0.39 is 0 Å². The van der Waals surface area contributed by atoms with Crippen molar-refractivity contribution in [1.82, 2.24) is 15.0 Å². The first-order valence-corrected chi connectivity index (χ1v) is 8.40. The number of rotatable bonds is 2. The normalized spacial score (nSPS) is 13.5. The van der Waals surface area contributed by atoms with E-state index in [1.165, 1.54) is 16.9 Å². The molecule has 0 saturated carbocycles. The molecule has 3 aromatic rings. The van der Waals surface area contributed by atoms with Crippen molar-refractivity contribution in [2.75, 3.05) is 0 Å². The molecule has 5 heteroatoms. The fourth-order valence-electron chi connectivity index (χ4n) is 2.87. The van der Waals surface area contributed by atoms with E-state index in [0.717, 1.165) is 40.4 Å². The van der Waals surface area contributed by atoms with E-state index in [9.17, 15) is 4.79 Å². The Morgan fingerprint density at radius 3 is 2.87 bits per heavy atom. The summed E-state index contributed by atoms with van der Waals surface area (Å²) in [5, 5.41) is 2.73. The van der Waals surface area contributed by atoms with E-state index >= 15 is 0 Å². The molecule has 0 bridgehead atoms. The molecule has 1 aliphatic carbocycles. The number of hydrogen-bond donors (Lipinski definition) is 1. The van der Waals surface area contributed by atoms with Crippen molar-refractivity contribution in [3.8, 4) is 21.8 Å². The third kappa shape index (κ3) is 2.53. The molecule has 0 saturated heterocycles. The number of nitrogens with zero attached hydrogens (tertiary/aromatic N) is 2. The van der Waals surface area contributed by atoms with Gasteiger partial charge < -0.3 is 4.98 Å². The second kappa shape index (κ2) is 5.59. The molecular formula is C18H15N3OS. The number of pyridine rings is 2. The summed E-state index contributed by atoms with van der Waals surface area (Å²) in [6.45, 7) is 2.09. The predicted octanol–water partition coefficient (Wildman–Crippen LogP) is 3.91. The molecule has 4 nitrogen and oxygen atoms in total. The van der Waals surface area contributed by atoms with Crippen LogP contribution in [0.4, 0.5) is 0 Å². The Morgan fingerprint density at radius 2 is 2.04 bits per heavy atom. The van der Waals surface area contributed by atoms with Crippen LogP contribution in [0.25, 0.3) is 27.4 Å². The fourth-order valence-corrected chi connectivity index (χ4v) is 3.71. The molecule has 0 radical (unpaired) electrons. The standard InChI is InChI=1S/C18H15N3OS/c1-11-3-2-4-15-13(11)9-14(17(22)20-15)18-21-16(10-23-18)12-5-7-19-8-6-12/h3,5-10H,2,4H2,1H3,(H,20,22). The van der Waals surface area contributed by atoms with E-state index in [1.54, 1.807) is 12.4 Å². The second-order valence-electron chi connectivity index (χ2n) is 5.60. The Bertz CT molecular complexity index is 954. The summed E-state index contributed by atoms with van der Waals surface area (Å²) in [4.78, 5) is 24.1. The topological polar surface area (TPSA) is 58.6 Å². The van der Waals surface area contributed by atoms with Crippen LogP contribution in [0.5, 0.6) is 0 Å². The number of nitrogens with one attached hydrogen (secondary N) is 1. The zero-order valence-corrected chi connectivity index (χ0v) is 13.5. The highest BCUT2D eigenvalue weighted by molar-refractivity contribution is 7.13. The van der Waals surface area contributed by atoms with E-state index in [1.807, 2.05) is 23.6 Å². The Kier molecular flexibility index (Phi) is 3.42. The minimum atomic E-state index is -0.0610. The van der Waals surface area contributed by atoms with Gasteiger partial charge in [-0.2, -0.15) is 0 Å². The van der Waals surface area contributed by atoms with Gasteiger partial charge in [-0.3, -0.25) is 9.78 Å². The van der Waals surface area contributed by atoms with Crippen molar-refractivity contribution in [3.63, 3.8) is 0 Å². The van der Waals surface area contributed by atoms with Crippen LogP contribution in [0, 0.1) is 0 Å². The van der Waals surface area contributed by atoms with Crippen molar-refractivity contribution in [3.05, 3.63) is 63.7 Å². The lowest BCUT2D eigenvalue weighted by atomic mass is 9.95. The molecule has 114 valence electrons. The smallest absolute Gasteiger partial charge is 0.258 e. The molecule has 4 rings (SSSR count). The van der Waals surface area contributed by atoms with Gasteiger partial charge in [-0.05, 0) is 49.1 Å². The maximum Gasteiger partial charge on any atom is 0.258 e. The number of hydrogen-bond acceptors (Lipinski definition) is 4. The molecule has 23 heavy (non-hydrogen) atoms. The first-order valence-electron chi connectivity index (χ1n) is 7.52. The van der Waals surface area contributed by atoms with Gasteiger partial charge in [0.2, 0.25) is 0 Å². The van der Waals surface area contributed by atoms with Crippen LogP contribution in [-0.2, 0) is 6.42 Å². The van der Waals surface area contributed by atoms with Gasteiger partial charge in [-0.15, -0.1) is 11.3 Å². The summed E-state index contributed by atoms with van der Waals surface area (Å²) in [5.41, 5.74) is 5.84. The van der Waals surface area contributed by atoms with Crippen LogP contribution in [-0.4, -0.2) is 15.0 Å². The molecule has 3 aromatic heterocycles. The minimum Gasteiger partial charge on any atom is -0.325 e. The molecule has 0 spiro atoms. The number of fused-ring (bicyclic) bond motifs is 1. The molecule has 0 fully saturated rings. The third-order valence-electron chi connectivity index (χ3n) is 4.10. The van der Waals surface area contributed by atoms with Gasteiger partial charge in [0, 0.05) is 29.0 Å². The molecular weight excluding hydrogens is 306 g/mol. The number of allylic oxidation sites excluding steroid dienone is 2. The first kappa shape index (κ1) is 14.1. The first-order chi connectivity index (χ1) is 11.2. The van der Waals surface area contributed by atoms with Gasteiger partial charge in [0.05, 0.1) is 11.3 Å². The highest BCUT2D eigenvalue weighted by Crippen LogP contribution is 2.30. The van der Waals surface area contributed by atoms with Crippen LogP contribution in [0.3, 0.4) is 0 Å². The maximum atomic E-state index is 12.4. The number of aryl methyl sites for hydroxylation is 1. The average molecular weight is 321 g/mol. The van der Waals surface area contributed by atoms with Crippen molar-refractivity contribution in [2.45, 2.75) is 19.8 Å². The van der Waals surface area contributed by atoms with Gasteiger partial charge in [-0.25, -0.2) is 4.98 Å². The molecule has 1 N–H and O–H groups in total. The van der Waals surface area contributed by atoms with Crippen molar-refractivity contribution < 1.29 is 0 Å². The predicted molar refractivity (Wildman–Crippen MR) is 93.4 cm³/mol. The Morgan fingerprint density at radius 1 is 1.22 bits per heavy atom. The summed E-state index contributed by atoms with van der Waals surface area (Å²) in [5.74, 6) is 0. The summed E-state index contributed by atoms with van der Waals surface area (Å²) in [6.07, 6.45) is 7.58. The summed E-state index contributed by atoms with van der Waals surface area (Å²) in [6, 6.07) is 5.82. The number of aromatic nitrogens is 3. The van der Waals surface area contributed by atoms with Crippen molar-refractivity contribution in [2.24, 2.45) is 0 Å². The largest absolute Gasteiger partial charge is 0.325 e. The van der Waals surface area contributed by atoms with Gasteiger partial charge in [0.1, 0.15) is 5.01 Å². The number of H-pyrrole nitrogens is 1. The van der Waals surface area contributed by atoms with E-state index in [2.05, 4.69) is 28.0 Å². The highest BCUT2D eigenvalue weighted by Gasteiger charge is 2.16. The fraction of sp³-hybridized carbons (Fsp3) is 0.167. The van der Waals surface area contributed by atoms with Crippen LogP contribution in [0.2, 0.25) is 0 Å². The average Bonchev–Trinajstić information content (AvgIpc) is 3.05. The molecule has 1 aliphatic rings. The van der Waals surface area contributed by atoms with E-state index in [4.69, 9.17) is 0 Å². The maximum absolute atomic E-state index is 12.4. The molecule has 0 amide bonds. The van der Waals surface area contributed by atoms with Gasteiger partial charge in [-0.1, -0.05) is 6.08 Å². The Hall–Kier alpha value is -2.53. The van der Waals surface area contributed by atoms with Gasteiger partial charge in [0.25, 0.3) is 5.56 Å². The number of aromatic amines is 1. The summed E-state index contributed by atoms with van der Waals surface area (Å²) >= 11 is 1.49. The summed E-state index contributed by atoms with van der Waals surface area (Å²) < 4.78 is 0. The van der Waals surface area contributed by atoms with Crippen molar-refractivity contribution >= 4 is 16.9 Å². The molecule has 0 aromatic carbocycles. The lowest BCUT2D eigenvalue weighted by Crippen LogP contribution is -2.15. The van der Waals surface area contributed by atoms with Gasteiger partial charge in [0.15, 0.2) is 0 Å². The quantitative estimate of drug-likeness (QED) is 0.778. The van der Waals surface area contributed by atoms with Crippen molar-refractivity contribution in [1.29, 1.82) is 0 Å². The summed E-state index contributed by atoms with van der Waals surface area (Å²) in [7, 11) is 0. The minimum absolute atomic E-state index is 0.0610. The Labute approximate surface area is 137 Å². The molecule has 0 unspecified atom stereocenters. The highest BCUT2D eigenvalue weighted by atomic mass is 32.1. The van der Waals surface area contributed by atoms with Crippen LogP contribution in [0.15, 0.2) is 46.8 Å². The Balaban J connectivity index is 1.81. The lowest BCUT2D eigenvalue weighted by molar-refractivity contribution is 0.908. The zero-order valence-electron chi connectivity index (χ0n) is 12.7. The van der Waals surface area contributed by atoms with E-state index in [-0.39, 0.29) is 5.56 Å². The van der Waals surface area contributed by atoms with Gasteiger partial charge >= 0.3 is 0 Å². The number of thiazole rings is 1. The van der Waals surface area contributed by atoms with Crippen LogP contribution in [0.1, 0.15) is 24.6 Å².